The van der Waals surface area contributed by atoms with Crippen molar-refractivity contribution in [2.24, 2.45) is 0 Å². The second-order valence-corrected chi connectivity index (χ2v) is 8.90. The molecule has 178 valence electrons. The molecule has 0 N–H and O–H groups in total. The number of unbranched alkanes of at least 4 members (excludes halogenated alkanes) is 12. The number of hydrogen-bond acceptors (Lipinski definition) is 3. The van der Waals surface area contributed by atoms with E-state index in [9.17, 15) is 4.39 Å². The number of aromatic nitrogens is 2. The Hall–Kier alpha value is -1.97. The van der Waals surface area contributed by atoms with Crippen LogP contribution in [0, 0.1) is 5.82 Å². The van der Waals surface area contributed by atoms with Gasteiger partial charge in [0.15, 0.2) is 17.4 Å². The molecular weight excluding hydrogens is 399 g/mol. The molecule has 0 saturated heterocycles. The lowest BCUT2D eigenvalue weighted by molar-refractivity contribution is 0.290. The number of halogens is 1. The van der Waals surface area contributed by atoms with Crippen molar-refractivity contribution in [3.8, 4) is 17.1 Å². The van der Waals surface area contributed by atoms with Crippen molar-refractivity contribution in [3.05, 3.63) is 42.0 Å². The predicted octanol–water partition coefficient (Wildman–Crippen LogP) is 8.71. The second kappa shape index (κ2) is 16.6. The zero-order valence-corrected chi connectivity index (χ0v) is 20.4. The number of nitrogens with zero attached hydrogens (tertiary/aromatic N) is 2. The van der Waals surface area contributed by atoms with Gasteiger partial charge in [-0.15, -0.1) is 0 Å². The summed E-state index contributed by atoms with van der Waals surface area (Å²) in [4.78, 5) is 8.92. The van der Waals surface area contributed by atoms with Crippen molar-refractivity contribution in [1.82, 2.24) is 9.97 Å². The minimum absolute atomic E-state index is 0.314. The second-order valence-electron chi connectivity index (χ2n) is 8.90. The van der Waals surface area contributed by atoms with Gasteiger partial charge in [0.05, 0.1) is 6.61 Å². The van der Waals surface area contributed by atoms with Gasteiger partial charge in [-0.1, -0.05) is 90.9 Å². The van der Waals surface area contributed by atoms with Crippen LogP contribution in [0.3, 0.4) is 0 Å². The van der Waals surface area contributed by atoms with Crippen molar-refractivity contribution in [2.45, 2.75) is 110 Å². The summed E-state index contributed by atoms with van der Waals surface area (Å²) < 4.78 is 20.1. The molecule has 0 aliphatic heterocycles. The standard InChI is InChI=1S/C28H43FN2O/c1-3-5-7-9-11-12-13-15-17-24-22-30-28(31-23-24)25-18-19-27(26(29)21-25)32-20-16-14-10-8-6-4-2/h18-19,21-23H,3-17,20H2,1-2H3. The molecule has 4 heteroatoms. The first-order valence-electron chi connectivity index (χ1n) is 13.0. The highest BCUT2D eigenvalue weighted by molar-refractivity contribution is 5.56. The van der Waals surface area contributed by atoms with E-state index in [0.29, 0.717) is 23.7 Å². The van der Waals surface area contributed by atoms with Crippen LogP contribution in [0.5, 0.6) is 5.75 Å². The maximum Gasteiger partial charge on any atom is 0.165 e. The van der Waals surface area contributed by atoms with E-state index < -0.39 is 0 Å². The lowest BCUT2D eigenvalue weighted by Crippen LogP contribution is -2.00. The number of ether oxygens (including phenoxy) is 1. The number of rotatable bonds is 18. The monoisotopic (exact) mass is 442 g/mol. The largest absolute Gasteiger partial charge is 0.491 e. The Kier molecular flexibility index (Phi) is 13.7. The van der Waals surface area contributed by atoms with Gasteiger partial charge in [-0.3, -0.25) is 0 Å². The molecule has 0 unspecified atom stereocenters. The van der Waals surface area contributed by atoms with Crippen LogP contribution in [0.4, 0.5) is 4.39 Å². The van der Waals surface area contributed by atoms with Gasteiger partial charge >= 0.3 is 0 Å². The van der Waals surface area contributed by atoms with Gasteiger partial charge in [-0.05, 0) is 43.0 Å². The van der Waals surface area contributed by atoms with E-state index in [-0.39, 0.29) is 5.82 Å². The fourth-order valence-electron chi connectivity index (χ4n) is 3.92. The Balaban J connectivity index is 1.70. The summed E-state index contributed by atoms with van der Waals surface area (Å²) >= 11 is 0. The minimum atomic E-state index is -0.347. The van der Waals surface area contributed by atoms with Gasteiger partial charge in [0.1, 0.15) is 0 Å². The Morgan fingerprint density at radius 3 is 1.88 bits per heavy atom. The Morgan fingerprint density at radius 2 is 1.28 bits per heavy atom. The molecule has 0 amide bonds. The number of hydrogen-bond donors (Lipinski definition) is 0. The molecule has 1 heterocycles. The van der Waals surface area contributed by atoms with Crippen LogP contribution in [0.15, 0.2) is 30.6 Å². The van der Waals surface area contributed by atoms with Crippen LogP contribution >= 0.6 is 0 Å². The summed E-state index contributed by atoms with van der Waals surface area (Å²) in [5, 5.41) is 0. The topological polar surface area (TPSA) is 35.0 Å². The first kappa shape index (κ1) is 26.3. The summed E-state index contributed by atoms with van der Waals surface area (Å²) in [6.45, 7) is 5.03. The molecule has 3 nitrogen and oxygen atoms in total. The highest BCUT2D eigenvalue weighted by Crippen LogP contribution is 2.24. The zero-order valence-electron chi connectivity index (χ0n) is 20.4. The fraction of sp³-hybridized carbons (Fsp3) is 0.643. The van der Waals surface area contributed by atoms with E-state index in [0.717, 1.165) is 24.8 Å². The van der Waals surface area contributed by atoms with Gasteiger partial charge < -0.3 is 4.74 Å². The normalized spacial score (nSPS) is 11.1. The molecule has 1 aromatic carbocycles. The highest BCUT2D eigenvalue weighted by atomic mass is 19.1. The zero-order chi connectivity index (χ0) is 22.9. The van der Waals surface area contributed by atoms with Crippen molar-refractivity contribution < 1.29 is 9.13 Å². The lowest BCUT2D eigenvalue weighted by atomic mass is 10.1. The third-order valence-electron chi connectivity index (χ3n) is 5.97. The molecule has 2 rings (SSSR count). The molecule has 0 radical (unpaired) electrons. The molecule has 0 saturated carbocycles. The third-order valence-corrected chi connectivity index (χ3v) is 5.97. The first-order chi connectivity index (χ1) is 15.7. The van der Waals surface area contributed by atoms with Crippen LogP contribution in [0.2, 0.25) is 0 Å². The summed E-state index contributed by atoms with van der Waals surface area (Å²) in [6.07, 6.45) is 22.4. The summed E-state index contributed by atoms with van der Waals surface area (Å²) in [5.41, 5.74) is 1.84. The average molecular weight is 443 g/mol. The molecular formula is C28H43FN2O. The Labute approximate surface area is 195 Å². The van der Waals surface area contributed by atoms with Gasteiger partial charge in [0.25, 0.3) is 0 Å². The van der Waals surface area contributed by atoms with Crippen LogP contribution in [0.1, 0.15) is 109 Å². The van der Waals surface area contributed by atoms with Gasteiger partial charge in [0, 0.05) is 18.0 Å². The van der Waals surface area contributed by atoms with Gasteiger partial charge in [-0.25, -0.2) is 14.4 Å². The maximum atomic E-state index is 14.4. The molecule has 32 heavy (non-hydrogen) atoms. The van der Waals surface area contributed by atoms with Crippen LogP contribution in [-0.4, -0.2) is 16.6 Å². The lowest BCUT2D eigenvalue weighted by Gasteiger charge is -2.09. The molecule has 0 aliphatic carbocycles. The first-order valence-corrected chi connectivity index (χ1v) is 13.0. The average Bonchev–Trinajstić information content (AvgIpc) is 2.81. The molecule has 0 spiro atoms. The van der Waals surface area contributed by atoms with E-state index in [2.05, 4.69) is 23.8 Å². The van der Waals surface area contributed by atoms with Gasteiger partial charge in [-0.2, -0.15) is 0 Å². The highest BCUT2D eigenvalue weighted by Gasteiger charge is 2.08. The van der Waals surface area contributed by atoms with Gasteiger partial charge in [0.2, 0.25) is 0 Å². The van der Waals surface area contributed by atoms with Crippen molar-refractivity contribution in [3.63, 3.8) is 0 Å². The molecule has 1 aromatic heterocycles. The smallest absolute Gasteiger partial charge is 0.165 e. The maximum absolute atomic E-state index is 14.4. The minimum Gasteiger partial charge on any atom is -0.491 e. The molecule has 0 aliphatic rings. The quantitative estimate of drug-likeness (QED) is 0.216. The molecule has 2 aromatic rings. The number of aryl methyl sites for hydroxylation is 1. The molecule has 0 fully saturated rings. The summed E-state index contributed by atoms with van der Waals surface area (Å²) in [6, 6.07) is 5.01. The SMILES string of the molecule is CCCCCCCCCCc1cnc(-c2ccc(OCCCCCCCC)c(F)c2)nc1. The van der Waals surface area contributed by atoms with Crippen molar-refractivity contribution in [2.75, 3.05) is 6.61 Å². The Morgan fingerprint density at radius 1 is 0.719 bits per heavy atom. The molecule has 0 atom stereocenters. The predicted molar refractivity (Wildman–Crippen MR) is 133 cm³/mol. The van der Waals surface area contributed by atoms with Crippen LogP contribution < -0.4 is 4.74 Å². The van der Waals surface area contributed by atoms with Crippen LogP contribution in [0.25, 0.3) is 11.4 Å². The van der Waals surface area contributed by atoms with E-state index >= 15 is 0 Å². The van der Waals surface area contributed by atoms with E-state index in [1.54, 1.807) is 6.07 Å². The van der Waals surface area contributed by atoms with Crippen molar-refractivity contribution in [1.29, 1.82) is 0 Å². The summed E-state index contributed by atoms with van der Waals surface area (Å²) in [5.74, 6) is 0.528. The van der Waals surface area contributed by atoms with Crippen molar-refractivity contribution >= 4 is 0 Å². The fourth-order valence-corrected chi connectivity index (χ4v) is 3.92. The number of benzene rings is 1. The molecule has 0 bridgehead atoms. The summed E-state index contributed by atoms with van der Waals surface area (Å²) in [7, 11) is 0. The van der Waals surface area contributed by atoms with E-state index in [1.807, 2.05) is 18.5 Å². The van der Waals surface area contributed by atoms with E-state index in [1.165, 1.54) is 83.1 Å². The Bertz CT molecular complexity index is 733. The van der Waals surface area contributed by atoms with E-state index in [4.69, 9.17) is 4.74 Å². The van der Waals surface area contributed by atoms with Crippen LogP contribution in [-0.2, 0) is 6.42 Å². The third kappa shape index (κ3) is 10.6.